The minimum atomic E-state index is -1.11. The summed E-state index contributed by atoms with van der Waals surface area (Å²) >= 11 is 1.04. The molecule has 1 atom stereocenters. The summed E-state index contributed by atoms with van der Waals surface area (Å²) in [6.45, 7) is 0. The molecular formula is C19H15FN2O5S. The number of benzene rings is 2. The van der Waals surface area contributed by atoms with Crippen LogP contribution in [0.3, 0.4) is 0 Å². The molecule has 1 unspecified atom stereocenters. The van der Waals surface area contributed by atoms with Crippen LogP contribution in [0.1, 0.15) is 16.8 Å². The van der Waals surface area contributed by atoms with E-state index in [2.05, 4.69) is 5.32 Å². The summed E-state index contributed by atoms with van der Waals surface area (Å²) in [5.41, 5.74) is 0.770. The normalized spacial score (nSPS) is 16.3. The molecule has 0 bridgehead atoms. The Morgan fingerprint density at radius 2 is 1.75 bits per heavy atom. The maximum atomic E-state index is 12.9. The second kappa shape index (κ2) is 8.22. The van der Waals surface area contributed by atoms with Crippen molar-refractivity contribution in [1.29, 1.82) is 0 Å². The van der Waals surface area contributed by atoms with Crippen LogP contribution < -0.4 is 10.2 Å². The number of hydrogen-bond donors (Lipinski definition) is 2. The van der Waals surface area contributed by atoms with E-state index in [1.807, 2.05) is 0 Å². The number of hydrogen-bond acceptors (Lipinski definition) is 5. The van der Waals surface area contributed by atoms with Crippen LogP contribution in [-0.4, -0.2) is 39.8 Å². The Hall–Kier alpha value is -3.20. The first-order valence-corrected chi connectivity index (χ1v) is 9.27. The minimum Gasteiger partial charge on any atom is -0.478 e. The van der Waals surface area contributed by atoms with E-state index in [9.17, 15) is 23.6 Å². The van der Waals surface area contributed by atoms with Crippen LogP contribution in [-0.2, 0) is 14.4 Å². The van der Waals surface area contributed by atoms with Gasteiger partial charge in [-0.1, -0.05) is 0 Å². The molecule has 9 heteroatoms. The van der Waals surface area contributed by atoms with Gasteiger partial charge in [-0.05, 0) is 48.5 Å². The molecule has 3 amide bonds. The summed E-state index contributed by atoms with van der Waals surface area (Å²) in [7, 11) is 0. The number of carboxylic acids is 1. The lowest BCUT2D eigenvalue weighted by molar-refractivity contribution is -0.121. The topological polar surface area (TPSA) is 104 Å². The molecule has 0 radical (unpaired) electrons. The van der Waals surface area contributed by atoms with Crippen LogP contribution in [0, 0.1) is 5.82 Å². The van der Waals surface area contributed by atoms with E-state index in [1.165, 1.54) is 48.5 Å². The molecule has 144 valence electrons. The summed E-state index contributed by atoms with van der Waals surface area (Å²) in [6.07, 6.45) is -0.0476. The van der Waals surface area contributed by atoms with Crippen molar-refractivity contribution >= 4 is 46.8 Å². The molecule has 0 aromatic heterocycles. The molecule has 1 saturated heterocycles. The Kier molecular flexibility index (Phi) is 5.74. The van der Waals surface area contributed by atoms with Gasteiger partial charge in [-0.2, -0.15) is 0 Å². The second-order valence-electron chi connectivity index (χ2n) is 5.98. The molecule has 2 N–H and O–H groups in total. The Bertz CT molecular complexity index is 930. The van der Waals surface area contributed by atoms with Crippen molar-refractivity contribution in [3.63, 3.8) is 0 Å². The van der Waals surface area contributed by atoms with Gasteiger partial charge in [0.1, 0.15) is 5.82 Å². The second-order valence-corrected chi connectivity index (χ2v) is 7.17. The van der Waals surface area contributed by atoms with E-state index in [-0.39, 0.29) is 23.6 Å². The van der Waals surface area contributed by atoms with Crippen LogP contribution in [0.2, 0.25) is 0 Å². The number of aromatic carboxylic acids is 1. The first-order valence-electron chi connectivity index (χ1n) is 8.22. The number of carbonyl (C=O) groups is 4. The van der Waals surface area contributed by atoms with E-state index < -0.39 is 28.9 Å². The number of amides is 3. The van der Waals surface area contributed by atoms with Crippen molar-refractivity contribution in [3.05, 3.63) is 59.9 Å². The Morgan fingerprint density at radius 1 is 1.11 bits per heavy atom. The maximum Gasteiger partial charge on any atom is 0.335 e. The van der Waals surface area contributed by atoms with E-state index in [1.54, 1.807) is 0 Å². The van der Waals surface area contributed by atoms with Crippen LogP contribution in [0.15, 0.2) is 48.5 Å². The first-order chi connectivity index (χ1) is 13.3. The number of carbonyl (C=O) groups excluding carboxylic acids is 3. The average molecular weight is 402 g/mol. The van der Waals surface area contributed by atoms with E-state index >= 15 is 0 Å². The summed E-state index contributed by atoms with van der Waals surface area (Å²) in [6, 6.07) is 10.7. The van der Waals surface area contributed by atoms with E-state index in [4.69, 9.17) is 5.11 Å². The van der Waals surface area contributed by atoms with Gasteiger partial charge in [-0.25, -0.2) is 14.1 Å². The highest BCUT2D eigenvalue weighted by Gasteiger charge is 2.40. The minimum absolute atomic E-state index is 0.0474. The van der Waals surface area contributed by atoms with Gasteiger partial charge in [0.15, 0.2) is 0 Å². The van der Waals surface area contributed by atoms with Gasteiger partial charge in [-0.3, -0.25) is 14.4 Å². The highest BCUT2D eigenvalue weighted by molar-refractivity contribution is 8.01. The van der Waals surface area contributed by atoms with Crippen molar-refractivity contribution in [2.24, 2.45) is 0 Å². The number of imide groups is 1. The molecule has 3 rings (SSSR count). The fourth-order valence-electron chi connectivity index (χ4n) is 2.67. The molecule has 2 aromatic rings. The summed E-state index contributed by atoms with van der Waals surface area (Å²) in [5, 5.41) is 10.8. The van der Waals surface area contributed by atoms with Crippen LogP contribution in [0.5, 0.6) is 0 Å². The maximum absolute atomic E-state index is 12.9. The zero-order valence-electron chi connectivity index (χ0n) is 14.4. The van der Waals surface area contributed by atoms with Gasteiger partial charge in [0.05, 0.1) is 22.3 Å². The van der Waals surface area contributed by atoms with Gasteiger partial charge < -0.3 is 10.4 Å². The quantitative estimate of drug-likeness (QED) is 0.720. The fraction of sp³-hybridized carbons (Fsp3) is 0.158. The Labute approximate surface area is 163 Å². The molecule has 0 spiro atoms. The molecule has 1 aliphatic rings. The molecule has 1 fully saturated rings. The SMILES string of the molecule is O=C(CSC1CC(=O)N(c2ccc(C(=O)O)cc2)C1=O)Nc1ccc(F)cc1. The summed E-state index contributed by atoms with van der Waals surface area (Å²) < 4.78 is 12.9. The number of anilines is 2. The summed E-state index contributed by atoms with van der Waals surface area (Å²) in [5.74, 6) is -2.81. The molecule has 1 aliphatic heterocycles. The van der Waals surface area contributed by atoms with Crippen molar-refractivity contribution in [3.8, 4) is 0 Å². The third-order valence-corrected chi connectivity index (χ3v) is 5.22. The summed E-state index contributed by atoms with van der Waals surface area (Å²) in [4.78, 5) is 48.7. The highest BCUT2D eigenvalue weighted by atomic mass is 32.2. The van der Waals surface area contributed by atoms with Crippen molar-refractivity contribution in [2.75, 3.05) is 16.0 Å². The number of rotatable bonds is 6. The highest BCUT2D eigenvalue weighted by Crippen LogP contribution is 2.30. The van der Waals surface area contributed by atoms with Crippen LogP contribution >= 0.6 is 11.8 Å². The predicted molar refractivity (Wildman–Crippen MR) is 102 cm³/mol. The molecule has 1 heterocycles. The molecule has 2 aromatic carbocycles. The molecule has 28 heavy (non-hydrogen) atoms. The van der Waals surface area contributed by atoms with Gasteiger partial charge in [-0.15, -0.1) is 11.8 Å². The average Bonchev–Trinajstić information content (AvgIpc) is 2.95. The first kappa shape index (κ1) is 19.6. The van der Waals surface area contributed by atoms with E-state index in [0.29, 0.717) is 11.4 Å². The van der Waals surface area contributed by atoms with Crippen LogP contribution in [0.4, 0.5) is 15.8 Å². The standard InChI is InChI=1S/C19H15FN2O5S/c20-12-3-5-13(6-4-12)21-16(23)10-28-15-9-17(24)22(18(15)25)14-7-1-11(2-8-14)19(26)27/h1-8,15H,9-10H2,(H,21,23)(H,26,27). The molecule has 0 saturated carbocycles. The lowest BCUT2D eigenvalue weighted by Gasteiger charge is -2.15. The third-order valence-electron chi connectivity index (χ3n) is 4.02. The monoisotopic (exact) mass is 402 g/mol. The lowest BCUT2D eigenvalue weighted by atomic mass is 10.2. The smallest absolute Gasteiger partial charge is 0.335 e. The molecular weight excluding hydrogens is 387 g/mol. The van der Waals surface area contributed by atoms with Crippen molar-refractivity contribution < 1.29 is 28.7 Å². The third kappa shape index (κ3) is 4.37. The van der Waals surface area contributed by atoms with Crippen LogP contribution in [0.25, 0.3) is 0 Å². The largest absolute Gasteiger partial charge is 0.478 e. The number of nitrogens with zero attached hydrogens (tertiary/aromatic N) is 1. The van der Waals surface area contributed by atoms with Gasteiger partial charge in [0.25, 0.3) is 0 Å². The Balaban J connectivity index is 1.59. The molecule has 7 nitrogen and oxygen atoms in total. The van der Waals surface area contributed by atoms with Gasteiger partial charge in [0.2, 0.25) is 17.7 Å². The predicted octanol–water partition coefficient (Wildman–Crippen LogP) is 2.53. The van der Waals surface area contributed by atoms with Crippen molar-refractivity contribution in [1.82, 2.24) is 0 Å². The van der Waals surface area contributed by atoms with Gasteiger partial charge >= 0.3 is 5.97 Å². The zero-order chi connectivity index (χ0) is 20.3. The van der Waals surface area contributed by atoms with Crippen molar-refractivity contribution in [2.45, 2.75) is 11.7 Å². The molecule has 0 aliphatic carbocycles. The van der Waals surface area contributed by atoms with E-state index in [0.717, 1.165) is 16.7 Å². The number of halogens is 1. The fourth-order valence-corrected chi connectivity index (χ4v) is 3.60. The zero-order valence-corrected chi connectivity index (χ0v) is 15.2. The number of thioether (sulfide) groups is 1. The van der Waals surface area contributed by atoms with Gasteiger partial charge in [0, 0.05) is 12.1 Å². The Morgan fingerprint density at radius 3 is 2.36 bits per heavy atom. The number of carboxylic acid groups (broad SMARTS) is 1. The number of nitrogens with one attached hydrogen (secondary N) is 1. The lowest BCUT2D eigenvalue weighted by Crippen LogP contribution is -2.31.